The molecule has 2 aromatic heterocycles. The Balaban J connectivity index is 1.81. The molecular formula is C24H26N4O2. The fourth-order valence-corrected chi connectivity index (χ4v) is 3.97. The first-order valence-corrected chi connectivity index (χ1v) is 10.2. The van der Waals surface area contributed by atoms with Gasteiger partial charge in [-0.1, -0.05) is 30.7 Å². The number of rotatable bonds is 4. The molecule has 0 aliphatic carbocycles. The summed E-state index contributed by atoms with van der Waals surface area (Å²) in [4.78, 5) is 26.4. The van der Waals surface area contributed by atoms with Crippen molar-refractivity contribution in [1.29, 1.82) is 0 Å². The monoisotopic (exact) mass is 402 g/mol. The molecule has 4 aromatic rings. The summed E-state index contributed by atoms with van der Waals surface area (Å²) in [6, 6.07) is 13.2. The molecule has 2 heterocycles. The third-order valence-corrected chi connectivity index (χ3v) is 5.60. The first-order valence-electron chi connectivity index (χ1n) is 10.2. The number of aryl methyl sites for hydroxylation is 4. The van der Waals surface area contributed by atoms with E-state index in [9.17, 15) is 9.59 Å². The molecule has 2 aromatic carbocycles. The van der Waals surface area contributed by atoms with Crippen LogP contribution in [0, 0.1) is 27.7 Å². The largest absolute Gasteiger partial charge is 0.324 e. The van der Waals surface area contributed by atoms with Crippen LogP contribution in [0.25, 0.3) is 16.4 Å². The quantitative estimate of drug-likeness (QED) is 0.547. The molecule has 6 nitrogen and oxygen atoms in total. The Hall–Kier alpha value is -3.41. The Morgan fingerprint density at radius 3 is 2.43 bits per heavy atom. The normalized spacial score (nSPS) is 12.4. The lowest BCUT2D eigenvalue weighted by molar-refractivity contribution is -0.119. The van der Waals surface area contributed by atoms with Crippen molar-refractivity contribution in [3.05, 3.63) is 75.3 Å². The number of anilines is 1. The number of benzene rings is 2. The topological polar surface area (TPSA) is 68.4 Å². The standard InChI is InChI=1S/C24H26N4O2/c1-6-20(23(29)25-19-12-15(3)7-9-16(19)4)28-24(30)22-13-18-11-14(2)8-10-21(18)27(22)17(5)26-28/h7-13,20H,6H2,1-5H3,(H,25,29)/t20-/m0/s1. The van der Waals surface area contributed by atoms with Crippen molar-refractivity contribution in [3.63, 3.8) is 0 Å². The number of fused-ring (bicyclic) bond motifs is 3. The molecule has 0 aliphatic heterocycles. The summed E-state index contributed by atoms with van der Waals surface area (Å²) in [5.41, 5.74) is 5.13. The lowest BCUT2D eigenvalue weighted by atomic mass is 10.1. The minimum atomic E-state index is -0.694. The number of amides is 1. The average Bonchev–Trinajstić information content (AvgIpc) is 3.08. The number of nitrogens with zero attached hydrogens (tertiary/aromatic N) is 3. The molecule has 0 unspecified atom stereocenters. The van der Waals surface area contributed by atoms with Gasteiger partial charge in [-0.3, -0.25) is 14.0 Å². The van der Waals surface area contributed by atoms with Gasteiger partial charge in [0.1, 0.15) is 17.4 Å². The lowest BCUT2D eigenvalue weighted by Crippen LogP contribution is -2.36. The first kappa shape index (κ1) is 19.9. The zero-order valence-corrected chi connectivity index (χ0v) is 18.0. The van der Waals surface area contributed by atoms with E-state index in [0.29, 0.717) is 17.8 Å². The Bertz CT molecular complexity index is 1350. The predicted octanol–water partition coefficient (Wildman–Crippen LogP) is 4.47. The highest BCUT2D eigenvalue weighted by Crippen LogP contribution is 2.22. The van der Waals surface area contributed by atoms with Crippen LogP contribution in [-0.4, -0.2) is 20.1 Å². The van der Waals surface area contributed by atoms with Crippen LogP contribution < -0.4 is 10.9 Å². The van der Waals surface area contributed by atoms with E-state index in [1.54, 1.807) is 0 Å². The van der Waals surface area contributed by atoms with Crippen molar-refractivity contribution in [2.75, 3.05) is 5.32 Å². The lowest BCUT2D eigenvalue weighted by Gasteiger charge is -2.19. The molecular weight excluding hydrogens is 376 g/mol. The van der Waals surface area contributed by atoms with Crippen LogP contribution in [0.5, 0.6) is 0 Å². The third-order valence-electron chi connectivity index (χ3n) is 5.60. The van der Waals surface area contributed by atoms with Gasteiger partial charge in [-0.15, -0.1) is 0 Å². The zero-order valence-electron chi connectivity index (χ0n) is 18.0. The third kappa shape index (κ3) is 3.28. The Kier molecular flexibility index (Phi) is 4.94. The van der Waals surface area contributed by atoms with Crippen molar-refractivity contribution in [2.24, 2.45) is 0 Å². The predicted molar refractivity (Wildman–Crippen MR) is 120 cm³/mol. The van der Waals surface area contributed by atoms with Crippen LogP contribution in [-0.2, 0) is 4.79 Å². The van der Waals surface area contributed by atoms with Crippen molar-refractivity contribution < 1.29 is 4.79 Å². The fourth-order valence-electron chi connectivity index (χ4n) is 3.97. The molecule has 1 atom stereocenters. The molecule has 0 fully saturated rings. The summed E-state index contributed by atoms with van der Waals surface area (Å²) in [7, 11) is 0. The van der Waals surface area contributed by atoms with E-state index in [0.717, 1.165) is 33.3 Å². The number of hydrogen-bond donors (Lipinski definition) is 1. The van der Waals surface area contributed by atoms with Crippen LogP contribution in [0.15, 0.2) is 47.3 Å². The second-order valence-electron chi connectivity index (χ2n) is 7.96. The number of hydrogen-bond acceptors (Lipinski definition) is 3. The molecule has 4 rings (SSSR count). The van der Waals surface area contributed by atoms with Crippen molar-refractivity contribution in [2.45, 2.75) is 47.1 Å². The molecule has 0 saturated carbocycles. The first-order chi connectivity index (χ1) is 14.3. The average molecular weight is 402 g/mol. The van der Waals surface area contributed by atoms with Gasteiger partial charge in [-0.05, 0) is 69.5 Å². The van der Waals surface area contributed by atoms with Gasteiger partial charge >= 0.3 is 0 Å². The van der Waals surface area contributed by atoms with Crippen LogP contribution in [0.3, 0.4) is 0 Å². The van der Waals surface area contributed by atoms with Crippen LogP contribution in [0.4, 0.5) is 5.69 Å². The van der Waals surface area contributed by atoms with E-state index in [4.69, 9.17) is 0 Å². The van der Waals surface area contributed by atoms with Gasteiger partial charge in [-0.25, -0.2) is 4.68 Å². The number of carbonyl (C=O) groups excluding carboxylic acids is 1. The van der Waals surface area contributed by atoms with Gasteiger partial charge in [0.15, 0.2) is 0 Å². The Morgan fingerprint density at radius 1 is 1.00 bits per heavy atom. The van der Waals surface area contributed by atoms with Gasteiger partial charge in [0.2, 0.25) is 5.91 Å². The van der Waals surface area contributed by atoms with Crippen molar-refractivity contribution >= 4 is 28.0 Å². The van der Waals surface area contributed by atoms with E-state index in [1.807, 2.05) is 75.4 Å². The Morgan fingerprint density at radius 2 is 1.70 bits per heavy atom. The molecule has 1 amide bonds. The van der Waals surface area contributed by atoms with E-state index in [1.165, 1.54) is 4.68 Å². The van der Waals surface area contributed by atoms with Gasteiger partial charge in [0, 0.05) is 11.1 Å². The summed E-state index contributed by atoms with van der Waals surface area (Å²) in [6.07, 6.45) is 0.457. The molecule has 0 spiro atoms. The molecule has 0 bridgehead atoms. The molecule has 0 aliphatic rings. The molecule has 6 heteroatoms. The van der Waals surface area contributed by atoms with Crippen LogP contribution in [0.2, 0.25) is 0 Å². The number of aromatic nitrogens is 3. The van der Waals surface area contributed by atoms with Gasteiger partial charge in [0.25, 0.3) is 5.56 Å². The summed E-state index contributed by atoms with van der Waals surface area (Å²) in [5.74, 6) is 0.429. The van der Waals surface area contributed by atoms with E-state index in [-0.39, 0.29) is 11.5 Å². The SMILES string of the molecule is CC[C@@H](C(=O)Nc1cc(C)ccc1C)n1nc(C)n2c(cc3cc(C)ccc32)c1=O. The molecule has 0 saturated heterocycles. The highest BCUT2D eigenvalue weighted by molar-refractivity contribution is 5.94. The highest BCUT2D eigenvalue weighted by Gasteiger charge is 2.24. The summed E-state index contributed by atoms with van der Waals surface area (Å²) in [5, 5.41) is 8.50. The summed E-state index contributed by atoms with van der Waals surface area (Å²) < 4.78 is 3.19. The summed E-state index contributed by atoms with van der Waals surface area (Å²) >= 11 is 0. The smallest absolute Gasteiger partial charge is 0.291 e. The maximum absolute atomic E-state index is 13.3. The molecule has 0 radical (unpaired) electrons. The zero-order chi connectivity index (χ0) is 21.6. The minimum absolute atomic E-state index is 0.239. The van der Waals surface area contributed by atoms with E-state index >= 15 is 0 Å². The van der Waals surface area contributed by atoms with Crippen molar-refractivity contribution in [3.8, 4) is 0 Å². The van der Waals surface area contributed by atoms with E-state index in [2.05, 4.69) is 16.5 Å². The summed E-state index contributed by atoms with van der Waals surface area (Å²) in [6.45, 7) is 9.70. The Labute approximate surface area is 175 Å². The molecule has 1 N–H and O–H groups in total. The fraction of sp³-hybridized carbons (Fsp3) is 0.292. The second kappa shape index (κ2) is 7.44. The number of nitrogens with one attached hydrogen (secondary N) is 1. The van der Waals surface area contributed by atoms with Gasteiger partial charge in [-0.2, -0.15) is 5.10 Å². The van der Waals surface area contributed by atoms with Gasteiger partial charge < -0.3 is 5.32 Å². The highest BCUT2D eigenvalue weighted by atomic mass is 16.2. The van der Waals surface area contributed by atoms with Crippen molar-refractivity contribution in [1.82, 2.24) is 14.2 Å². The maximum Gasteiger partial charge on any atom is 0.291 e. The molecule has 154 valence electrons. The molecule has 30 heavy (non-hydrogen) atoms. The van der Waals surface area contributed by atoms with Crippen LogP contribution >= 0.6 is 0 Å². The minimum Gasteiger partial charge on any atom is -0.324 e. The maximum atomic E-state index is 13.3. The van der Waals surface area contributed by atoms with E-state index < -0.39 is 6.04 Å². The second-order valence-corrected chi connectivity index (χ2v) is 7.96. The van der Waals surface area contributed by atoms with Gasteiger partial charge in [0.05, 0.1) is 5.52 Å². The number of carbonyl (C=O) groups is 1. The van der Waals surface area contributed by atoms with Crippen LogP contribution in [0.1, 0.15) is 41.9 Å².